The molecule has 1 aliphatic rings. The lowest BCUT2D eigenvalue weighted by Gasteiger charge is -2.19. The minimum Gasteiger partial charge on any atom is -0.492 e. The molecule has 0 saturated heterocycles. The number of aromatic nitrogens is 2. The molecule has 102 valence electrons. The minimum absolute atomic E-state index is 0.00731. The van der Waals surface area contributed by atoms with Crippen LogP contribution in [0.1, 0.15) is 30.0 Å². The van der Waals surface area contributed by atoms with Crippen LogP contribution in [0.3, 0.4) is 0 Å². The zero-order chi connectivity index (χ0) is 14.1. The van der Waals surface area contributed by atoms with Crippen LogP contribution in [-0.4, -0.2) is 16.4 Å². The van der Waals surface area contributed by atoms with Gasteiger partial charge in [0.25, 0.3) is 0 Å². The normalized spacial score (nSPS) is 17.7. The van der Waals surface area contributed by atoms with Crippen molar-refractivity contribution in [1.29, 1.82) is 5.26 Å². The van der Waals surface area contributed by atoms with Crippen molar-refractivity contribution in [1.82, 2.24) is 9.78 Å². The number of nitrogen functional groups attached to an aromatic ring is 1. The monoisotopic (exact) mass is 332 g/mol. The second-order valence-electron chi connectivity index (χ2n) is 4.66. The van der Waals surface area contributed by atoms with E-state index in [4.69, 9.17) is 15.7 Å². The maximum absolute atomic E-state index is 9.01. The van der Waals surface area contributed by atoms with Gasteiger partial charge in [-0.05, 0) is 34.8 Å². The van der Waals surface area contributed by atoms with Crippen LogP contribution in [0.4, 0.5) is 5.82 Å². The Labute approximate surface area is 125 Å². The second-order valence-corrected chi connectivity index (χ2v) is 5.52. The molecule has 0 amide bonds. The molecule has 2 heterocycles. The fourth-order valence-corrected chi connectivity index (χ4v) is 3.00. The van der Waals surface area contributed by atoms with Crippen LogP contribution in [0.15, 0.2) is 28.9 Å². The number of fused-ring (bicyclic) bond motifs is 1. The number of hydrogen-bond donors (Lipinski definition) is 1. The van der Waals surface area contributed by atoms with E-state index in [1.165, 1.54) is 6.20 Å². The van der Waals surface area contributed by atoms with Crippen molar-refractivity contribution in [3.05, 3.63) is 40.0 Å². The summed E-state index contributed by atoms with van der Waals surface area (Å²) in [6, 6.07) is 7.99. The van der Waals surface area contributed by atoms with E-state index in [1.807, 2.05) is 18.2 Å². The Morgan fingerprint density at radius 1 is 1.50 bits per heavy atom. The van der Waals surface area contributed by atoms with Crippen molar-refractivity contribution in [2.24, 2.45) is 0 Å². The van der Waals surface area contributed by atoms with Gasteiger partial charge < -0.3 is 10.5 Å². The lowest BCUT2D eigenvalue weighted by molar-refractivity contribution is 0.313. The van der Waals surface area contributed by atoms with E-state index in [9.17, 15) is 0 Å². The van der Waals surface area contributed by atoms with E-state index in [1.54, 1.807) is 4.68 Å². The van der Waals surface area contributed by atoms with Gasteiger partial charge in [0, 0.05) is 5.56 Å². The predicted molar refractivity (Wildman–Crippen MR) is 78.4 cm³/mol. The first-order valence-corrected chi connectivity index (χ1v) is 7.16. The molecule has 1 unspecified atom stereocenters. The van der Waals surface area contributed by atoms with Crippen LogP contribution >= 0.6 is 15.9 Å². The van der Waals surface area contributed by atoms with Crippen LogP contribution in [-0.2, 0) is 0 Å². The molecule has 2 aromatic rings. The lowest BCUT2D eigenvalue weighted by Crippen LogP contribution is -2.14. The summed E-state index contributed by atoms with van der Waals surface area (Å²) in [4.78, 5) is 0. The predicted octanol–water partition coefficient (Wildman–Crippen LogP) is 2.86. The molecule has 0 fully saturated rings. The molecule has 0 aliphatic carbocycles. The summed E-state index contributed by atoms with van der Waals surface area (Å²) in [6.45, 7) is 0.665. The second kappa shape index (κ2) is 5.17. The average molecular weight is 333 g/mol. The van der Waals surface area contributed by atoms with Crippen molar-refractivity contribution in [3.8, 4) is 11.8 Å². The molecule has 3 rings (SSSR count). The third kappa shape index (κ3) is 2.04. The first-order valence-electron chi connectivity index (χ1n) is 6.36. The average Bonchev–Trinajstić information content (AvgIpc) is 2.69. The number of ether oxygens (including phenoxy) is 1. The molecule has 20 heavy (non-hydrogen) atoms. The fourth-order valence-electron chi connectivity index (χ4n) is 2.51. The van der Waals surface area contributed by atoms with Gasteiger partial charge in [-0.15, -0.1) is 0 Å². The standard InChI is InChI=1S/C14H13BrN4O/c15-11-4-1-3-10-12(5-2-6-20-13(10)11)19-14(17)9(7-16)8-18-19/h1,3-4,8,12H,2,5-6,17H2. The maximum atomic E-state index is 9.01. The summed E-state index contributed by atoms with van der Waals surface area (Å²) in [6.07, 6.45) is 3.30. The maximum Gasteiger partial charge on any atom is 0.140 e. The van der Waals surface area contributed by atoms with Crippen LogP contribution in [0.25, 0.3) is 0 Å². The Balaban J connectivity index is 2.13. The van der Waals surface area contributed by atoms with Gasteiger partial charge in [-0.25, -0.2) is 4.68 Å². The van der Waals surface area contributed by atoms with Crippen molar-refractivity contribution in [2.45, 2.75) is 18.9 Å². The van der Waals surface area contributed by atoms with E-state index < -0.39 is 0 Å². The van der Waals surface area contributed by atoms with Gasteiger partial charge in [0.15, 0.2) is 0 Å². The number of nitrogens with zero attached hydrogens (tertiary/aromatic N) is 3. The smallest absolute Gasteiger partial charge is 0.140 e. The summed E-state index contributed by atoms with van der Waals surface area (Å²) in [5.41, 5.74) is 7.46. The van der Waals surface area contributed by atoms with Crippen LogP contribution < -0.4 is 10.5 Å². The molecule has 5 nitrogen and oxygen atoms in total. The molecule has 0 radical (unpaired) electrons. The van der Waals surface area contributed by atoms with Crippen LogP contribution in [0.5, 0.6) is 5.75 Å². The number of nitriles is 1. The van der Waals surface area contributed by atoms with E-state index in [-0.39, 0.29) is 6.04 Å². The topological polar surface area (TPSA) is 76.9 Å². The fraction of sp³-hybridized carbons (Fsp3) is 0.286. The highest BCUT2D eigenvalue weighted by molar-refractivity contribution is 9.10. The van der Waals surface area contributed by atoms with Gasteiger partial charge in [0.1, 0.15) is 23.2 Å². The quantitative estimate of drug-likeness (QED) is 0.871. The summed E-state index contributed by atoms with van der Waals surface area (Å²) < 4.78 is 8.46. The number of anilines is 1. The highest BCUT2D eigenvalue weighted by Crippen LogP contribution is 2.39. The van der Waals surface area contributed by atoms with E-state index in [0.717, 1.165) is 28.6 Å². The molecule has 2 N–H and O–H groups in total. The molecule has 1 atom stereocenters. The Morgan fingerprint density at radius 2 is 2.35 bits per heavy atom. The summed E-state index contributed by atoms with van der Waals surface area (Å²) in [5.74, 6) is 1.24. The van der Waals surface area contributed by atoms with Gasteiger partial charge in [0.2, 0.25) is 0 Å². The molecule has 6 heteroatoms. The number of nitrogens with two attached hydrogens (primary N) is 1. The molecule has 1 aromatic heterocycles. The summed E-state index contributed by atoms with van der Waals surface area (Å²) in [7, 11) is 0. The highest BCUT2D eigenvalue weighted by atomic mass is 79.9. The lowest BCUT2D eigenvalue weighted by atomic mass is 10.0. The van der Waals surface area contributed by atoms with E-state index in [0.29, 0.717) is 18.0 Å². The van der Waals surface area contributed by atoms with Crippen molar-refractivity contribution in [2.75, 3.05) is 12.3 Å². The van der Waals surface area contributed by atoms with Crippen molar-refractivity contribution in [3.63, 3.8) is 0 Å². The Kier molecular flexibility index (Phi) is 3.36. The minimum atomic E-state index is -0.00731. The zero-order valence-corrected chi connectivity index (χ0v) is 12.3. The zero-order valence-electron chi connectivity index (χ0n) is 10.7. The molecule has 0 spiro atoms. The number of benzene rings is 1. The van der Waals surface area contributed by atoms with Gasteiger partial charge in [-0.1, -0.05) is 12.1 Å². The van der Waals surface area contributed by atoms with Crippen LogP contribution in [0.2, 0.25) is 0 Å². The van der Waals surface area contributed by atoms with Gasteiger partial charge >= 0.3 is 0 Å². The van der Waals surface area contributed by atoms with Gasteiger partial charge in [-0.2, -0.15) is 10.4 Å². The van der Waals surface area contributed by atoms with Crippen LogP contribution in [0, 0.1) is 11.3 Å². The Bertz CT molecular complexity index is 689. The largest absolute Gasteiger partial charge is 0.492 e. The molecule has 0 saturated carbocycles. The third-order valence-electron chi connectivity index (χ3n) is 3.47. The number of halogens is 1. The van der Waals surface area contributed by atoms with E-state index in [2.05, 4.69) is 27.1 Å². The van der Waals surface area contributed by atoms with Gasteiger partial charge in [0.05, 0.1) is 23.3 Å². The first kappa shape index (κ1) is 13.0. The summed E-state index contributed by atoms with van der Waals surface area (Å²) >= 11 is 3.52. The molecule has 1 aliphatic heterocycles. The molecule has 0 bridgehead atoms. The molecular formula is C14H13BrN4O. The Hall–Kier alpha value is -2.00. The number of hydrogen-bond acceptors (Lipinski definition) is 4. The van der Waals surface area contributed by atoms with Crippen molar-refractivity contribution >= 4 is 21.7 Å². The highest BCUT2D eigenvalue weighted by Gasteiger charge is 2.25. The SMILES string of the molecule is N#Cc1cnn(C2CCCOc3c(Br)cccc32)c1N. The number of para-hydroxylation sites is 1. The van der Waals surface area contributed by atoms with Gasteiger partial charge in [-0.3, -0.25) is 0 Å². The Morgan fingerprint density at radius 3 is 3.10 bits per heavy atom. The van der Waals surface area contributed by atoms with Crippen molar-refractivity contribution < 1.29 is 4.74 Å². The van der Waals surface area contributed by atoms with E-state index >= 15 is 0 Å². The molecular weight excluding hydrogens is 320 g/mol. The first-order chi connectivity index (χ1) is 9.72. The summed E-state index contributed by atoms with van der Waals surface area (Å²) in [5, 5.41) is 13.3. The molecule has 1 aromatic carbocycles. The number of rotatable bonds is 1. The third-order valence-corrected chi connectivity index (χ3v) is 4.10.